The Labute approximate surface area is 50.5 Å². The minimum absolute atomic E-state index is 0.819. The van der Waals surface area contributed by atoms with Gasteiger partial charge in [-0.1, -0.05) is 6.92 Å². The predicted octanol–water partition coefficient (Wildman–Crippen LogP) is -1.96. The molecule has 0 heterocycles. The van der Waals surface area contributed by atoms with Crippen molar-refractivity contribution in [3.05, 3.63) is 0 Å². The molecule has 0 aliphatic rings. The zero-order valence-corrected chi connectivity index (χ0v) is 6.07. The molecule has 8 heavy (non-hydrogen) atoms. The van der Waals surface area contributed by atoms with Crippen molar-refractivity contribution in [1.29, 1.82) is 0 Å². The molecular weight excluding hydrogens is 126 g/mol. The van der Waals surface area contributed by atoms with Crippen LogP contribution in [0.3, 0.4) is 0 Å². The average Bonchev–Trinajstić information content (AvgIpc) is 1.65. The van der Waals surface area contributed by atoms with Crippen LogP contribution in [0.2, 0.25) is 0 Å². The van der Waals surface area contributed by atoms with E-state index in [2.05, 4.69) is 6.92 Å². The van der Waals surface area contributed by atoms with E-state index < -0.39 is 9.53 Å². The predicted molar refractivity (Wildman–Crippen MR) is 33.2 cm³/mol. The highest BCUT2D eigenvalue weighted by molar-refractivity contribution is 6.30. The van der Waals surface area contributed by atoms with Crippen molar-refractivity contribution >= 4 is 9.53 Å². The Morgan fingerprint density at radius 2 is 1.50 bits per heavy atom. The van der Waals surface area contributed by atoms with Crippen LogP contribution in [-0.2, 0) is 0 Å². The number of rotatable bonds is 1. The van der Waals surface area contributed by atoms with Gasteiger partial charge in [0.2, 0.25) is 0 Å². The van der Waals surface area contributed by atoms with Crippen molar-refractivity contribution < 1.29 is 14.4 Å². The molecule has 0 saturated heterocycles. The Kier molecular flexibility index (Phi) is 13.8. The second-order valence-corrected chi connectivity index (χ2v) is 1.83. The Morgan fingerprint density at radius 3 is 1.50 bits per heavy atom. The van der Waals surface area contributed by atoms with Gasteiger partial charge in [0.05, 0.1) is 0 Å². The summed E-state index contributed by atoms with van der Waals surface area (Å²) in [6, 6.07) is 0. The molecular formula is C3H13NO3Si. The van der Waals surface area contributed by atoms with Crippen LogP contribution in [0.15, 0.2) is 0 Å². The van der Waals surface area contributed by atoms with Gasteiger partial charge in [0, 0.05) is 0 Å². The van der Waals surface area contributed by atoms with E-state index in [4.69, 9.17) is 20.1 Å². The molecule has 5 heteroatoms. The van der Waals surface area contributed by atoms with E-state index in [0.717, 1.165) is 13.0 Å². The van der Waals surface area contributed by atoms with Gasteiger partial charge in [-0.15, -0.1) is 0 Å². The first kappa shape index (κ1) is 10.9. The first-order chi connectivity index (χ1) is 3.65. The van der Waals surface area contributed by atoms with E-state index in [0.29, 0.717) is 0 Å². The van der Waals surface area contributed by atoms with Crippen molar-refractivity contribution in [1.82, 2.24) is 0 Å². The molecule has 0 atom stereocenters. The van der Waals surface area contributed by atoms with E-state index in [1.54, 1.807) is 0 Å². The minimum Gasteiger partial charge on any atom is -0.392 e. The fourth-order valence-corrected chi connectivity index (χ4v) is 0. The zero-order valence-electron chi connectivity index (χ0n) is 4.91. The molecule has 4 nitrogen and oxygen atoms in total. The lowest BCUT2D eigenvalue weighted by atomic mass is 10.5. The minimum atomic E-state index is -3.14. The molecule has 0 rings (SSSR count). The van der Waals surface area contributed by atoms with Crippen molar-refractivity contribution in [2.45, 2.75) is 13.3 Å². The summed E-state index contributed by atoms with van der Waals surface area (Å²) in [5.74, 6) is 0. The van der Waals surface area contributed by atoms with Crippen LogP contribution in [0.25, 0.3) is 0 Å². The summed E-state index contributed by atoms with van der Waals surface area (Å²) in [4.78, 5) is 21.9. The first-order valence-electron chi connectivity index (χ1n) is 2.39. The Bertz CT molecular complexity index is 31.0. The van der Waals surface area contributed by atoms with Gasteiger partial charge in [-0.2, -0.15) is 0 Å². The van der Waals surface area contributed by atoms with Gasteiger partial charge in [0.25, 0.3) is 0 Å². The van der Waals surface area contributed by atoms with Gasteiger partial charge in [0.1, 0.15) is 0 Å². The van der Waals surface area contributed by atoms with E-state index in [1.165, 1.54) is 0 Å². The monoisotopic (exact) mass is 139 g/mol. The molecule has 0 aliphatic heterocycles. The maximum absolute atomic E-state index is 7.31. The molecule has 52 valence electrons. The molecule has 0 saturated carbocycles. The number of hydrogen-bond acceptors (Lipinski definition) is 4. The summed E-state index contributed by atoms with van der Waals surface area (Å²) in [7, 11) is -3.14. The molecule has 0 aliphatic carbocycles. The molecule has 0 aromatic heterocycles. The van der Waals surface area contributed by atoms with Gasteiger partial charge in [-0.25, -0.2) is 0 Å². The second kappa shape index (κ2) is 10.1. The number of nitrogens with two attached hydrogens (primary N) is 1. The van der Waals surface area contributed by atoms with Crippen molar-refractivity contribution in [3.63, 3.8) is 0 Å². The lowest BCUT2D eigenvalue weighted by Gasteiger charge is -1.74. The van der Waals surface area contributed by atoms with E-state index >= 15 is 0 Å². The summed E-state index contributed by atoms with van der Waals surface area (Å²) < 4.78 is 0. The van der Waals surface area contributed by atoms with Crippen molar-refractivity contribution in [3.8, 4) is 0 Å². The Hall–Kier alpha value is 0.0569. The summed E-state index contributed by atoms with van der Waals surface area (Å²) >= 11 is 0. The highest BCUT2D eigenvalue weighted by atomic mass is 28.3. The topological polar surface area (TPSA) is 86.7 Å². The highest BCUT2D eigenvalue weighted by Gasteiger charge is 1.83. The van der Waals surface area contributed by atoms with Crippen LogP contribution in [0.4, 0.5) is 0 Å². The van der Waals surface area contributed by atoms with Crippen LogP contribution in [0.5, 0.6) is 0 Å². The standard InChI is InChI=1S/C3H9N.H4O3Si/c1-2-3-4;1-4(2)3/h2-4H2,1H3;1-4H. The van der Waals surface area contributed by atoms with Gasteiger partial charge >= 0.3 is 9.53 Å². The lowest BCUT2D eigenvalue weighted by molar-refractivity contribution is 0.278. The summed E-state index contributed by atoms with van der Waals surface area (Å²) in [5, 5.41) is 0. The normalized spacial score (nSPS) is 8.25. The van der Waals surface area contributed by atoms with E-state index in [9.17, 15) is 0 Å². The highest BCUT2D eigenvalue weighted by Crippen LogP contribution is 1.57. The van der Waals surface area contributed by atoms with Crippen LogP contribution in [-0.4, -0.2) is 30.5 Å². The first-order valence-corrected chi connectivity index (χ1v) is 3.94. The fraction of sp³-hybridized carbons (Fsp3) is 1.00. The van der Waals surface area contributed by atoms with Crippen LogP contribution >= 0.6 is 0 Å². The third kappa shape index (κ3) is 139. The smallest absolute Gasteiger partial charge is 0.392 e. The third-order valence-electron chi connectivity index (χ3n) is 0.289. The second-order valence-electron chi connectivity index (χ2n) is 1.14. The summed E-state index contributed by atoms with van der Waals surface area (Å²) in [6.45, 7) is 2.88. The van der Waals surface area contributed by atoms with E-state index in [1.807, 2.05) is 0 Å². The zero-order chi connectivity index (χ0) is 6.99. The van der Waals surface area contributed by atoms with Crippen molar-refractivity contribution in [2.75, 3.05) is 6.54 Å². The largest absolute Gasteiger partial charge is 0.475 e. The quantitative estimate of drug-likeness (QED) is 0.318. The molecule has 0 spiro atoms. The maximum atomic E-state index is 7.31. The van der Waals surface area contributed by atoms with Crippen LogP contribution < -0.4 is 5.73 Å². The Balaban J connectivity index is 0. The molecule has 0 bridgehead atoms. The van der Waals surface area contributed by atoms with E-state index in [-0.39, 0.29) is 0 Å². The fourth-order valence-electron chi connectivity index (χ4n) is 0. The SMILES string of the molecule is CCCN.O[SiH](O)O. The Morgan fingerprint density at radius 1 is 1.38 bits per heavy atom. The molecule has 0 fully saturated rings. The molecule has 0 amide bonds. The molecule has 5 N–H and O–H groups in total. The maximum Gasteiger partial charge on any atom is 0.475 e. The third-order valence-corrected chi connectivity index (χ3v) is 0.289. The summed E-state index contributed by atoms with van der Waals surface area (Å²) in [6.07, 6.45) is 1.10. The van der Waals surface area contributed by atoms with Gasteiger partial charge < -0.3 is 20.1 Å². The molecule has 0 radical (unpaired) electrons. The van der Waals surface area contributed by atoms with Crippen molar-refractivity contribution in [2.24, 2.45) is 5.73 Å². The average molecular weight is 139 g/mol. The molecule has 0 aromatic rings. The van der Waals surface area contributed by atoms with Gasteiger partial charge in [0.15, 0.2) is 0 Å². The lowest BCUT2D eigenvalue weighted by Crippen LogP contribution is -2.07. The number of hydrogen-bond donors (Lipinski definition) is 4. The van der Waals surface area contributed by atoms with Gasteiger partial charge in [-0.3, -0.25) is 0 Å². The molecule has 0 unspecified atom stereocenters. The summed E-state index contributed by atoms with van der Waals surface area (Å²) in [5.41, 5.74) is 5.03. The van der Waals surface area contributed by atoms with Gasteiger partial charge in [-0.05, 0) is 13.0 Å². The van der Waals surface area contributed by atoms with Crippen LogP contribution in [0, 0.1) is 0 Å². The molecule has 0 aromatic carbocycles. The van der Waals surface area contributed by atoms with Crippen LogP contribution in [0.1, 0.15) is 13.3 Å².